The minimum absolute atomic E-state index is 0.102. The molecule has 0 aromatic carbocycles. The van der Waals surface area contributed by atoms with Gasteiger partial charge in [-0.15, -0.1) is 0 Å². The van der Waals surface area contributed by atoms with Gasteiger partial charge in [0.1, 0.15) is 5.91 Å². The molecule has 0 rings (SSSR count). The van der Waals surface area contributed by atoms with Gasteiger partial charge in [0.05, 0.1) is 10.2 Å². The fraction of sp³-hybridized carbons (Fsp3) is 0.857. The summed E-state index contributed by atoms with van der Waals surface area (Å²) >= 11 is 0. The van der Waals surface area contributed by atoms with Gasteiger partial charge in [-0.2, -0.15) is 0 Å². The normalized spacial score (nSPS) is 8.67. The van der Waals surface area contributed by atoms with Crippen LogP contribution in [0.2, 0.25) is 0 Å². The maximum Gasteiger partial charge on any atom is 0.234 e. The standard InChI is InChI=1S/C5H14O2Si.C2H3NO/c1-3-6-5(8)7-4-2;1-3-2-4/h5H,3-4H2,1-2,8H3;1H3. The number of rotatable bonds is 4. The molecule has 0 heterocycles. The molecule has 0 fully saturated rings. The summed E-state index contributed by atoms with van der Waals surface area (Å²) in [6, 6.07) is 0. The third-order valence-corrected chi connectivity index (χ3v) is 1.56. The van der Waals surface area contributed by atoms with Crippen LogP contribution in [0.1, 0.15) is 13.8 Å². The Kier molecular flexibility index (Phi) is 15.4. The molecule has 72 valence electrons. The first-order valence-electron chi connectivity index (χ1n) is 3.92. The number of hydrogen-bond acceptors (Lipinski definition) is 4. The molecule has 0 N–H and O–H groups in total. The molecule has 5 heteroatoms. The third-order valence-electron chi connectivity index (χ3n) is 0.894. The Balaban J connectivity index is 0. The SMILES string of the molecule is CCOC([SiH3])OCC.CN=C=O. The topological polar surface area (TPSA) is 47.9 Å². The van der Waals surface area contributed by atoms with Crippen molar-refractivity contribution in [3.63, 3.8) is 0 Å². The summed E-state index contributed by atoms with van der Waals surface area (Å²) in [5.41, 5.74) is 0. The monoisotopic (exact) mass is 191 g/mol. The van der Waals surface area contributed by atoms with Gasteiger partial charge in [0, 0.05) is 20.3 Å². The first-order valence-corrected chi connectivity index (χ1v) is 5.07. The van der Waals surface area contributed by atoms with Crippen LogP contribution in [0, 0.1) is 0 Å². The summed E-state index contributed by atoms with van der Waals surface area (Å²) in [5, 5.41) is 0. The van der Waals surface area contributed by atoms with Gasteiger partial charge in [-0.25, -0.2) is 9.79 Å². The van der Waals surface area contributed by atoms with Crippen LogP contribution in [0.5, 0.6) is 0 Å². The Morgan fingerprint density at radius 1 is 1.42 bits per heavy atom. The lowest BCUT2D eigenvalue weighted by molar-refractivity contribution is -0.0801. The van der Waals surface area contributed by atoms with E-state index in [1.54, 1.807) is 0 Å². The zero-order chi connectivity index (χ0) is 9.82. The Bertz CT molecular complexity index is 120. The number of ether oxygens (including phenoxy) is 2. The van der Waals surface area contributed by atoms with Crippen molar-refractivity contribution in [1.29, 1.82) is 0 Å². The maximum absolute atomic E-state index is 8.88. The fourth-order valence-corrected chi connectivity index (χ4v) is 1.18. The molecular formula is C7H17NO3Si. The van der Waals surface area contributed by atoms with Crippen molar-refractivity contribution in [2.75, 3.05) is 20.3 Å². The second-order valence-corrected chi connectivity index (χ2v) is 2.74. The number of carbonyl (C=O) groups excluding carboxylic acids is 1. The predicted octanol–water partition coefficient (Wildman–Crippen LogP) is -0.340. The lowest BCUT2D eigenvalue weighted by atomic mass is 10.9. The number of nitrogens with zero attached hydrogens (tertiary/aromatic N) is 1. The van der Waals surface area contributed by atoms with E-state index < -0.39 is 0 Å². The van der Waals surface area contributed by atoms with Crippen molar-refractivity contribution in [3.05, 3.63) is 0 Å². The zero-order valence-corrected chi connectivity index (χ0v) is 10.2. The molecular weight excluding hydrogens is 174 g/mol. The molecule has 0 aromatic rings. The lowest BCUT2D eigenvalue weighted by Gasteiger charge is -2.09. The summed E-state index contributed by atoms with van der Waals surface area (Å²) in [4.78, 5) is 11.8. The Labute approximate surface area is 76.4 Å². The van der Waals surface area contributed by atoms with Gasteiger partial charge in [-0.3, -0.25) is 0 Å². The average Bonchev–Trinajstić information content (AvgIpc) is 2.06. The van der Waals surface area contributed by atoms with Crippen molar-refractivity contribution in [2.24, 2.45) is 4.99 Å². The highest BCUT2D eigenvalue weighted by Gasteiger charge is 1.94. The van der Waals surface area contributed by atoms with E-state index in [-0.39, 0.29) is 5.91 Å². The Morgan fingerprint density at radius 2 is 1.75 bits per heavy atom. The molecule has 0 aromatic heterocycles. The molecule has 0 saturated carbocycles. The van der Waals surface area contributed by atoms with Crippen molar-refractivity contribution in [3.8, 4) is 0 Å². The summed E-state index contributed by atoms with van der Waals surface area (Å²) in [6.45, 7) is 5.47. The van der Waals surface area contributed by atoms with Crippen molar-refractivity contribution >= 4 is 16.3 Å². The summed E-state index contributed by atoms with van der Waals surface area (Å²) in [7, 11) is 2.35. The van der Waals surface area contributed by atoms with E-state index >= 15 is 0 Å². The van der Waals surface area contributed by atoms with E-state index in [4.69, 9.17) is 14.3 Å². The first kappa shape index (κ1) is 14.1. The lowest BCUT2D eigenvalue weighted by Crippen LogP contribution is -2.16. The molecule has 0 spiro atoms. The van der Waals surface area contributed by atoms with E-state index in [1.165, 1.54) is 13.1 Å². The molecule has 0 bridgehead atoms. The van der Waals surface area contributed by atoms with Crippen LogP contribution in [-0.2, 0) is 14.3 Å². The summed E-state index contributed by atoms with van der Waals surface area (Å²) in [5.74, 6) is 0.102. The van der Waals surface area contributed by atoms with Crippen LogP contribution in [0.4, 0.5) is 0 Å². The van der Waals surface area contributed by atoms with Crippen LogP contribution in [-0.4, -0.2) is 42.5 Å². The van der Waals surface area contributed by atoms with Gasteiger partial charge in [0.25, 0.3) is 0 Å². The van der Waals surface area contributed by atoms with Gasteiger partial charge in [-0.05, 0) is 13.8 Å². The quantitative estimate of drug-likeness (QED) is 0.264. The molecule has 0 radical (unpaired) electrons. The van der Waals surface area contributed by atoms with Crippen molar-refractivity contribution in [1.82, 2.24) is 0 Å². The minimum Gasteiger partial charge on any atom is -0.358 e. The maximum atomic E-state index is 8.88. The largest absolute Gasteiger partial charge is 0.358 e. The van der Waals surface area contributed by atoms with Gasteiger partial charge in [0.15, 0.2) is 0 Å². The Hall–Kier alpha value is -0.483. The van der Waals surface area contributed by atoms with E-state index in [2.05, 4.69) is 4.99 Å². The molecule has 0 aliphatic rings. The molecule has 0 aliphatic carbocycles. The molecule has 0 saturated heterocycles. The Morgan fingerprint density at radius 3 is 1.92 bits per heavy atom. The van der Waals surface area contributed by atoms with E-state index in [0.29, 0.717) is 0 Å². The molecule has 0 atom stereocenters. The predicted molar refractivity (Wildman–Crippen MR) is 51.0 cm³/mol. The number of aliphatic imine (C=N–C) groups is 1. The summed E-state index contributed by atoms with van der Waals surface area (Å²) < 4.78 is 10.2. The minimum atomic E-state index is 0.102. The first-order chi connectivity index (χ1) is 5.72. The highest BCUT2D eigenvalue weighted by atomic mass is 28.1. The third kappa shape index (κ3) is 16.3. The number of isocyanates is 1. The molecule has 12 heavy (non-hydrogen) atoms. The van der Waals surface area contributed by atoms with Crippen LogP contribution in [0.25, 0.3) is 0 Å². The van der Waals surface area contributed by atoms with E-state index in [0.717, 1.165) is 23.5 Å². The average molecular weight is 191 g/mol. The van der Waals surface area contributed by atoms with Crippen LogP contribution >= 0.6 is 0 Å². The van der Waals surface area contributed by atoms with Gasteiger partial charge in [-0.1, -0.05) is 0 Å². The fourth-order valence-electron chi connectivity index (χ4n) is 0.518. The second kappa shape index (κ2) is 13.1. The van der Waals surface area contributed by atoms with Crippen molar-refractivity contribution < 1.29 is 14.3 Å². The van der Waals surface area contributed by atoms with Crippen LogP contribution in [0.15, 0.2) is 4.99 Å². The van der Waals surface area contributed by atoms with Gasteiger partial charge >= 0.3 is 0 Å². The van der Waals surface area contributed by atoms with Crippen LogP contribution in [0.3, 0.4) is 0 Å². The van der Waals surface area contributed by atoms with Crippen molar-refractivity contribution in [2.45, 2.75) is 19.8 Å². The second-order valence-electron chi connectivity index (χ2n) is 1.79. The highest BCUT2D eigenvalue weighted by Crippen LogP contribution is 1.86. The molecule has 0 aliphatic heterocycles. The highest BCUT2D eigenvalue weighted by molar-refractivity contribution is 6.09. The van der Waals surface area contributed by atoms with Gasteiger partial charge in [0.2, 0.25) is 6.08 Å². The van der Waals surface area contributed by atoms with E-state index in [1.807, 2.05) is 13.8 Å². The van der Waals surface area contributed by atoms with Crippen LogP contribution < -0.4 is 0 Å². The van der Waals surface area contributed by atoms with Gasteiger partial charge < -0.3 is 9.47 Å². The van der Waals surface area contributed by atoms with E-state index in [9.17, 15) is 0 Å². The molecule has 0 amide bonds. The summed E-state index contributed by atoms with van der Waals surface area (Å²) in [6.07, 6.45) is 1.31. The molecule has 4 nitrogen and oxygen atoms in total. The zero-order valence-electron chi connectivity index (χ0n) is 8.16. The smallest absolute Gasteiger partial charge is 0.234 e. The molecule has 0 unspecified atom stereocenters. The number of hydrogen-bond donors (Lipinski definition) is 0.